The van der Waals surface area contributed by atoms with Crippen LogP contribution in [0.25, 0.3) is 0 Å². The number of piperidine rings is 1. The van der Waals surface area contributed by atoms with Crippen LogP contribution in [-0.2, 0) is 12.8 Å². The third-order valence-corrected chi connectivity index (χ3v) is 5.00. The highest BCUT2D eigenvalue weighted by molar-refractivity contribution is 14.1. The molecule has 1 aliphatic carbocycles. The Bertz CT molecular complexity index is 440. The van der Waals surface area contributed by atoms with Crippen LogP contribution in [0.4, 0.5) is 0 Å². The Hall–Kier alpha value is -0.350. The first kappa shape index (κ1) is 12.7. The molecule has 0 spiro atoms. The second-order valence-corrected chi connectivity index (χ2v) is 6.22. The van der Waals surface area contributed by atoms with Gasteiger partial charge in [0.1, 0.15) is 0 Å². The molecule has 1 fully saturated rings. The van der Waals surface area contributed by atoms with Crippen molar-refractivity contribution in [1.29, 1.82) is 0 Å². The monoisotopic (exact) mass is 353 g/mol. The number of benzene rings is 1. The highest BCUT2D eigenvalue weighted by Gasteiger charge is 2.34. The summed E-state index contributed by atoms with van der Waals surface area (Å²) in [6, 6.07) is 9.82. The van der Waals surface area contributed by atoms with Crippen LogP contribution < -0.4 is 0 Å². The molecule has 0 saturated carbocycles. The van der Waals surface area contributed by atoms with E-state index >= 15 is 0 Å². The Balaban J connectivity index is 1.81. The van der Waals surface area contributed by atoms with Crippen molar-refractivity contribution in [2.75, 3.05) is 13.1 Å². The number of fused-ring (bicyclic) bond motifs is 2. The molecule has 1 aliphatic heterocycles. The lowest BCUT2D eigenvalue weighted by Crippen LogP contribution is -2.49. The molecular weight excluding hydrogens is 333 g/mol. The fraction of sp³-hybridized carbons (Fsp3) is 0.500. The van der Waals surface area contributed by atoms with Gasteiger partial charge in [0.25, 0.3) is 0 Å². The summed E-state index contributed by atoms with van der Waals surface area (Å²) >= 11 is 2.32. The van der Waals surface area contributed by atoms with E-state index in [1.54, 1.807) is 11.1 Å². The lowest BCUT2D eigenvalue weighted by molar-refractivity contribution is 0.0973. The third kappa shape index (κ3) is 2.50. The summed E-state index contributed by atoms with van der Waals surface area (Å²) in [6.07, 6.45) is 7.65. The fourth-order valence-corrected chi connectivity index (χ4v) is 3.84. The summed E-state index contributed by atoms with van der Waals surface area (Å²) in [5, 5.41) is 0. The molecule has 2 heteroatoms. The first-order valence-electron chi connectivity index (χ1n) is 6.94. The van der Waals surface area contributed by atoms with Gasteiger partial charge in [0.15, 0.2) is 0 Å². The Morgan fingerprint density at radius 1 is 1.22 bits per heavy atom. The number of likely N-dealkylation sites (tertiary alicyclic amines) is 1. The number of hydrogen-bond donors (Lipinski definition) is 0. The maximum atomic E-state index is 2.69. The summed E-state index contributed by atoms with van der Waals surface area (Å²) in [4.78, 5) is 2.69. The predicted octanol–water partition coefficient (Wildman–Crippen LogP) is 3.81. The van der Waals surface area contributed by atoms with E-state index in [0.717, 1.165) is 18.5 Å². The van der Waals surface area contributed by atoms with E-state index in [-0.39, 0.29) is 0 Å². The normalized spacial score (nSPS) is 28.1. The Morgan fingerprint density at radius 3 is 2.78 bits per heavy atom. The Morgan fingerprint density at radius 2 is 2.00 bits per heavy atom. The highest BCUT2D eigenvalue weighted by atomic mass is 127. The van der Waals surface area contributed by atoms with Crippen LogP contribution in [0.1, 0.15) is 24.0 Å². The lowest BCUT2D eigenvalue weighted by atomic mass is 9.75. The van der Waals surface area contributed by atoms with Crippen LogP contribution in [-0.4, -0.2) is 24.0 Å². The summed E-state index contributed by atoms with van der Waals surface area (Å²) in [7, 11) is 0. The smallest absolute Gasteiger partial charge is 0.0173 e. The molecule has 0 unspecified atom stereocenters. The van der Waals surface area contributed by atoms with E-state index in [1.807, 2.05) is 0 Å². The van der Waals surface area contributed by atoms with Gasteiger partial charge in [0.2, 0.25) is 0 Å². The first-order chi connectivity index (χ1) is 8.88. The van der Waals surface area contributed by atoms with Crippen LogP contribution in [0.5, 0.6) is 0 Å². The second kappa shape index (κ2) is 5.74. The Kier molecular flexibility index (Phi) is 4.04. The van der Waals surface area contributed by atoms with Gasteiger partial charge in [-0.3, -0.25) is 4.90 Å². The number of hydrogen-bond acceptors (Lipinski definition) is 1. The molecule has 0 radical (unpaired) electrons. The van der Waals surface area contributed by atoms with Crippen molar-refractivity contribution in [3.63, 3.8) is 0 Å². The standard InChI is InChI=1S/C16H20IN/c17-8-4-10-18-9-3-7-15-11-13-5-1-2-6-14(13)12-16(15)18/h1-2,4-6,8,15-16H,3,7,9-12H2/b8-4+/t15-,16-/m1/s1. The van der Waals surface area contributed by atoms with Gasteiger partial charge < -0.3 is 0 Å². The SMILES string of the molecule is I/C=C/CN1CCC[C@@H]2Cc3ccccc3C[C@H]21. The van der Waals surface area contributed by atoms with Gasteiger partial charge in [-0.05, 0) is 53.4 Å². The van der Waals surface area contributed by atoms with Crippen molar-refractivity contribution in [3.05, 3.63) is 45.6 Å². The van der Waals surface area contributed by atoms with Crippen LogP contribution >= 0.6 is 22.6 Å². The van der Waals surface area contributed by atoms with Gasteiger partial charge in [-0.1, -0.05) is 52.9 Å². The zero-order valence-electron chi connectivity index (χ0n) is 10.7. The molecule has 1 aromatic rings. The lowest BCUT2D eigenvalue weighted by Gasteiger charge is -2.44. The summed E-state index contributed by atoms with van der Waals surface area (Å²) in [5.74, 6) is 0.885. The average Bonchev–Trinajstić information content (AvgIpc) is 2.43. The van der Waals surface area contributed by atoms with Gasteiger partial charge in [0.05, 0.1) is 0 Å². The minimum absolute atomic E-state index is 0.779. The van der Waals surface area contributed by atoms with E-state index in [1.165, 1.54) is 32.2 Å². The maximum absolute atomic E-state index is 2.69. The van der Waals surface area contributed by atoms with Gasteiger partial charge in [0, 0.05) is 12.6 Å². The molecule has 18 heavy (non-hydrogen) atoms. The zero-order valence-corrected chi connectivity index (χ0v) is 12.8. The average molecular weight is 353 g/mol. The molecule has 1 saturated heterocycles. The summed E-state index contributed by atoms with van der Waals surface area (Å²) < 4.78 is 2.15. The molecule has 1 nitrogen and oxygen atoms in total. The minimum atomic E-state index is 0.779. The van der Waals surface area contributed by atoms with Gasteiger partial charge in [-0.25, -0.2) is 0 Å². The molecule has 2 atom stereocenters. The van der Waals surface area contributed by atoms with Gasteiger partial charge in [-0.2, -0.15) is 0 Å². The van der Waals surface area contributed by atoms with Crippen molar-refractivity contribution in [2.24, 2.45) is 5.92 Å². The fourth-order valence-electron chi connectivity index (χ4n) is 3.61. The molecule has 0 amide bonds. The predicted molar refractivity (Wildman–Crippen MR) is 85.1 cm³/mol. The van der Waals surface area contributed by atoms with Crippen LogP contribution in [0, 0.1) is 5.92 Å². The van der Waals surface area contributed by atoms with Crippen LogP contribution in [0.2, 0.25) is 0 Å². The molecule has 0 N–H and O–H groups in total. The molecule has 0 bridgehead atoms. The largest absolute Gasteiger partial charge is 0.296 e. The molecule has 2 aliphatic rings. The van der Waals surface area contributed by atoms with E-state index in [9.17, 15) is 0 Å². The molecular formula is C16H20IN. The maximum Gasteiger partial charge on any atom is 0.0173 e. The van der Waals surface area contributed by atoms with E-state index in [4.69, 9.17) is 0 Å². The molecule has 96 valence electrons. The van der Waals surface area contributed by atoms with Crippen LogP contribution in [0.15, 0.2) is 34.4 Å². The summed E-state index contributed by atoms with van der Waals surface area (Å²) in [5.41, 5.74) is 3.19. The van der Waals surface area contributed by atoms with Crippen molar-refractivity contribution in [1.82, 2.24) is 4.90 Å². The van der Waals surface area contributed by atoms with E-state index in [0.29, 0.717) is 0 Å². The zero-order chi connectivity index (χ0) is 12.4. The van der Waals surface area contributed by atoms with Crippen molar-refractivity contribution < 1.29 is 0 Å². The minimum Gasteiger partial charge on any atom is -0.296 e. The topological polar surface area (TPSA) is 3.24 Å². The Labute approximate surface area is 123 Å². The molecule has 3 rings (SSSR count). The van der Waals surface area contributed by atoms with E-state index < -0.39 is 0 Å². The number of rotatable bonds is 2. The van der Waals surface area contributed by atoms with Crippen molar-refractivity contribution in [3.8, 4) is 0 Å². The highest BCUT2D eigenvalue weighted by Crippen LogP contribution is 2.34. The van der Waals surface area contributed by atoms with Crippen molar-refractivity contribution in [2.45, 2.75) is 31.7 Å². The molecule has 1 heterocycles. The van der Waals surface area contributed by atoms with Gasteiger partial charge >= 0.3 is 0 Å². The number of halogens is 1. The van der Waals surface area contributed by atoms with Crippen molar-refractivity contribution >= 4 is 22.6 Å². The number of nitrogens with zero attached hydrogens (tertiary/aromatic N) is 1. The van der Waals surface area contributed by atoms with E-state index in [2.05, 4.69) is 61.9 Å². The third-order valence-electron chi connectivity index (χ3n) is 4.49. The second-order valence-electron chi connectivity index (χ2n) is 5.50. The molecule has 0 aromatic heterocycles. The van der Waals surface area contributed by atoms with Gasteiger partial charge in [-0.15, -0.1) is 0 Å². The first-order valence-corrected chi connectivity index (χ1v) is 8.19. The van der Waals surface area contributed by atoms with Crippen LogP contribution in [0.3, 0.4) is 0 Å². The summed E-state index contributed by atoms with van der Waals surface area (Å²) in [6.45, 7) is 2.41. The molecule has 1 aromatic carbocycles. The quantitative estimate of drug-likeness (QED) is 0.731.